The maximum atomic E-state index is 11.6. The number of nitrogens with one attached hydrogen (secondary N) is 1. The van der Waals surface area contributed by atoms with Gasteiger partial charge >= 0.3 is 0 Å². The molecule has 0 spiro atoms. The fourth-order valence-corrected chi connectivity index (χ4v) is 2.31. The average Bonchev–Trinajstić information content (AvgIpc) is 2.44. The minimum atomic E-state index is -0.117. The lowest BCUT2D eigenvalue weighted by Crippen LogP contribution is -2.11. The molecule has 2 aromatic rings. The fraction of sp³-hybridized carbons (Fsp3) is 0.200. The van der Waals surface area contributed by atoms with E-state index in [0.29, 0.717) is 28.2 Å². The molecule has 0 radical (unpaired) electrons. The molecule has 20 heavy (non-hydrogen) atoms. The van der Waals surface area contributed by atoms with Gasteiger partial charge in [-0.3, -0.25) is 9.59 Å². The van der Waals surface area contributed by atoms with Crippen LogP contribution in [0, 0.1) is 13.8 Å². The quantitative estimate of drug-likeness (QED) is 0.884. The average molecular weight is 292 g/mol. The number of rotatable bonds is 3. The van der Waals surface area contributed by atoms with Crippen LogP contribution in [0.4, 0.5) is 0 Å². The summed E-state index contributed by atoms with van der Waals surface area (Å²) in [6.07, 6.45) is 2.30. The second-order valence-corrected chi connectivity index (χ2v) is 4.88. The van der Waals surface area contributed by atoms with Crippen LogP contribution in [0.2, 0.25) is 5.02 Å². The molecule has 2 rings (SSSR count). The van der Waals surface area contributed by atoms with Gasteiger partial charge in [0.1, 0.15) is 5.75 Å². The van der Waals surface area contributed by atoms with Crippen LogP contribution in [0.1, 0.15) is 21.5 Å². The third kappa shape index (κ3) is 2.34. The Labute approximate surface area is 121 Å². The molecule has 0 aliphatic heterocycles. The van der Waals surface area contributed by atoms with Crippen molar-refractivity contribution in [1.82, 2.24) is 4.98 Å². The number of aromatic amines is 1. The Morgan fingerprint density at radius 1 is 1.25 bits per heavy atom. The van der Waals surface area contributed by atoms with E-state index < -0.39 is 0 Å². The zero-order chi connectivity index (χ0) is 14.9. The van der Waals surface area contributed by atoms with Gasteiger partial charge in [-0.2, -0.15) is 0 Å². The maximum Gasteiger partial charge on any atom is 0.251 e. The summed E-state index contributed by atoms with van der Waals surface area (Å²) < 4.78 is 5.19. The molecule has 5 heteroatoms. The number of carbonyl (C=O) groups is 1. The topological polar surface area (TPSA) is 59.2 Å². The number of benzene rings is 1. The van der Waals surface area contributed by atoms with E-state index in [2.05, 4.69) is 4.98 Å². The molecule has 1 N–H and O–H groups in total. The van der Waals surface area contributed by atoms with E-state index in [1.807, 2.05) is 6.92 Å². The van der Waals surface area contributed by atoms with E-state index in [0.717, 1.165) is 16.7 Å². The first-order chi connectivity index (χ1) is 9.49. The lowest BCUT2D eigenvalue weighted by Gasteiger charge is -2.12. The van der Waals surface area contributed by atoms with Crippen LogP contribution >= 0.6 is 11.6 Å². The van der Waals surface area contributed by atoms with E-state index in [9.17, 15) is 9.59 Å². The van der Waals surface area contributed by atoms with E-state index in [1.54, 1.807) is 25.3 Å². The molecule has 0 saturated heterocycles. The number of pyridine rings is 1. The van der Waals surface area contributed by atoms with Crippen molar-refractivity contribution in [3.05, 3.63) is 50.4 Å². The second kappa shape index (κ2) is 5.51. The Morgan fingerprint density at radius 3 is 2.55 bits per heavy atom. The first kappa shape index (κ1) is 14.3. The molecule has 4 nitrogen and oxygen atoms in total. The normalized spacial score (nSPS) is 10.4. The highest BCUT2D eigenvalue weighted by Gasteiger charge is 2.13. The molecule has 0 aliphatic rings. The van der Waals surface area contributed by atoms with E-state index in [-0.39, 0.29) is 5.56 Å². The lowest BCUT2D eigenvalue weighted by atomic mass is 9.98. The highest BCUT2D eigenvalue weighted by molar-refractivity contribution is 6.33. The van der Waals surface area contributed by atoms with Gasteiger partial charge in [-0.05, 0) is 37.1 Å². The first-order valence-corrected chi connectivity index (χ1v) is 6.39. The van der Waals surface area contributed by atoms with Crippen molar-refractivity contribution in [2.45, 2.75) is 13.8 Å². The summed E-state index contributed by atoms with van der Waals surface area (Å²) in [5, 5.41) is 0.317. The monoisotopic (exact) mass is 291 g/mol. The van der Waals surface area contributed by atoms with Crippen LogP contribution in [0.15, 0.2) is 23.1 Å². The zero-order valence-electron chi connectivity index (χ0n) is 11.4. The second-order valence-electron chi connectivity index (χ2n) is 4.47. The number of halogens is 1. The Morgan fingerprint density at radius 2 is 1.95 bits per heavy atom. The van der Waals surface area contributed by atoms with Gasteiger partial charge in [-0.15, -0.1) is 0 Å². The van der Waals surface area contributed by atoms with Gasteiger partial charge in [0.15, 0.2) is 6.29 Å². The van der Waals surface area contributed by atoms with Gasteiger partial charge in [0, 0.05) is 17.3 Å². The number of hydrogen-bond donors (Lipinski definition) is 1. The fourth-order valence-electron chi connectivity index (χ4n) is 2.06. The molecule has 0 amide bonds. The van der Waals surface area contributed by atoms with Crippen molar-refractivity contribution in [3.8, 4) is 16.9 Å². The number of aromatic nitrogens is 1. The molecule has 0 fully saturated rings. The van der Waals surface area contributed by atoms with E-state index in [4.69, 9.17) is 16.3 Å². The molecule has 0 saturated carbocycles. The van der Waals surface area contributed by atoms with Gasteiger partial charge in [0.25, 0.3) is 5.56 Å². The zero-order valence-corrected chi connectivity index (χ0v) is 12.2. The molecule has 0 bridgehead atoms. The van der Waals surface area contributed by atoms with Crippen molar-refractivity contribution in [1.29, 1.82) is 0 Å². The summed E-state index contributed by atoms with van der Waals surface area (Å²) in [6.45, 7) is 3.63. The summed E-state index contributed by atoms with van der Waals surface area (Å²) in [6, 6.07) is 3.42. The maximum absolute atomic E-state index is 11.6. The lowest BCUT2D eigenvalue weighted by molar-refractivity contribution is 0.112. The molecule has 0 atom stereocenters. The molecule has 104 valence electrons. The highest BCUT2D eigenvalue weighted by atomic mass is 35.5. The largest absolute Gasteiger partial charge is 0.496 e. The molecule has 1 aromatic heterocycles. The Balaban J connectivity index is 2.71. The van der Waals surface area contributed by atoms with Gasteiger partial charge < -0.3 is 9.72 Å². The van der Waals surface area contributed by atoms with Crippen LogP contribution in [0.25, 0.3) is 11.1 Å². The minimum Gasteiger partial charge on any atom is -0.496 e. The number of ether oxygens (including phenoxy) is 1. The molecule has 1 heterocycles. The number of methoxy groups -OCH3 is 1. The first-order valence-electron chi connectivity index (χ1n) is 6.01. The summed E-state index contributed by atoms with van der Waals surface area (Å²) in [5.74, 6) is 0.408. The summed E-state index contributed by atoms with van der Waals surface area (Å²) in [4.78, 5) is 25.3. The molecular formula is C15H14ClNO3. The van der Waals surface area contributed by atoms with Crippen LogP contribution in [0.5, 0.6) is 5.75 Å². The standard InChI is InChI=1S/C15H14ClNO3/c1-8-9(2)15(19)17-6-11(8)10-4-13(16)12(7-18)14(5-10)20-3/h4-7H,1-3H3,(H,17,19). The predicted molar refractivity (Wildman–Crippen MR) is 78.9 cm³/mol. The predicted octanol–water partition coefficient (Wildman–Crippen LogP) is 3.13. The number of H-pyrrole nitrogens is 1. The minimum absolute atomic E-state index is 0.117. The van der Waals surface area contributed by atoms with Gasteiger partial charge in [-0.25, -0.2) is 0 Å². The van der Waals surface area contributed by atoms with Gasteiger partial charge in [0.05, 0.1) is 17.7 Å². The van der Waals surface area contributed by atoms with Crippen molar-refractivity contribution in [3.63, 3.8) is 0 Å². The number of hydrogen-bond acceptors (Lipinski definition) is 3. The molecule has 0 unspecified atom stereocenters. The Bertz CT molecular complexity index is 735. The number of carbonyl (C=O) groups excluding carboxylic acids is 1. The smallest absolute Gasteiger partial charge is 0.251 e. The van der Waals surface area contributed by atoms with Crippen LogP contribution < -0.4 is 10.3 Å². The number of aldehydes is 1. The SMILES string of the molecule is COc1cc(-c2c[nH]c(=O)c(C)c2C)cc(Cl)c1C=O. The van der Waals surface area contributed by atoms with Gasteiger partial charge in [0.2, 0.25) is 0 Å². The third-order valence-electron chi connectivity index (χ3n) is 3.40. The summed E-state index contributed by atoms with van der Waals surface area (Å²) in [5.41, 5.74) is 3.35. The van der Waals surface area contributed by atoms with Crippen molar-refractivity contribution < 1.29 is 9.53 Å². The molecular weight excluding hydrogens is 278 g/mol. The van der Waals surface area contributed by atoms with Crippen LogP contribution in [-0.2, 0) is 0 Å². The Hall–Kier alpha value is -2.07. The van der Waals surface area contributed by atoms with Crippen molar-refractivity contribution >= 4 is 17.9 Å². The third-order valence-corrected chi connectivity index (χ3v) is 3.71. The van der Waals surface area contributed by atoms with E-state index >= 15 is 0 Å². The summed E-state index contributed by atoms with van der Waals surface area (Å²) >= 11 is 6.10. The van der Waals surface area contributed by atoms with E-state index in [1.165, 1.54) is 7.11 Å². The van der Waals surface area contributed by atoms with Crippen molar-refractivity contribution in [2.24, 2.45) is 0 Å². The Kier molecular flexibility index (Phi) is 3.95. The highest BCUT2D eigenvalue weighted by Crippen LogP contribution is 2.33. The van der Waals surface area contributed by atoms with Gasteiger partial charge in [-0.1, -0.05) is 11.6 Å². The van der Waals surface area contributed by atoms with Crippen LogP contribution in [0.3, 0.4) is 0 Å². The van der Waals surface area contributed by atoms with Crippen LogP contribution in [-0.4, -0.2) is 18.4 Å². The molecule has 1 aromatic carbocycles. The van der Waals surface area contributed by atoms with Crippen molar-refractivity contribution in [2.75, 3.05) is 7.11 Å². The summed E-state index contributed by atoms with van der Waals surface area (Å²) in [7, 11) is 1.48. The molecule has 0 aliphatic carbocycles.